The number of aromatic nitrogens is 2. The zero-order valence-corrected chi connectivity index (χ0v) is 20.9. The van der Waals surface area contributed by atoms with Gasteiger partial charge in [-0.25, -0.2) is 4.79 Å². The van der Waals surface area contributed by atoms with Gasteiger partial charge in [0.1, 0.15) is 17.2 Å². The molecule has 0 radical (unpaired) electrons. The van der Waals surface area contributed by atoms with Crippen LogP contribution in [0, 0.1) is 11.3 Å². The predicted molar refractivity (Wildman–Crippen MR) is 135 cm³/mol. The van der Waals surface area contributed by atoms with E-state index in [0.717, 1.165) is 31.0 Å². The summed E-state index contributed by atoms with van der Waals surface area (Å²) >= 11 is 3.45. The number of nitrogens with two attached hydrogens (primary N) is 1. The predicted octanol–water partition coefficient (Wildman–Crippen LogP) is 3.30. The average Bonchev–Trinajstić information content (AvgIpc) is 3.06. The van der Waals surface area contributed by atoms with Crippen LogP contribution in [0.3, 0.4) is 0 Å². The largest absolute Gasteiger partial charge is 0.423 e. The number of anilines is 1. The highest BCUT2D eigenvalue weighted by Gasteiger charge is 2.60. The molecule has 0 saturated heterocycles. The van der Waals surface area contributed by atoms with Crippen molar-refractivity contribution in [2.75, 3.05) is 16.8 Å². The second kappa shape index (κ2) is 10.5. The van der Waals surface area contributed by atoms with Crippen molar-refractivity contribution in [3.8, 4) is 11.9 Å². The summed E-state index contributed by atoms with van der Waals surface area (Å²) in [6.07, 6.45) is 8.85. The molecule has 35 heavy (non-hydrogen) atoms. The maximum atomic E-state index is 14.1. The third kappa shape index (κ3) is 4.29. The van der Waals surface area contributed by atoms with Gasteiger partial charge in [0.25, 0.3) is 5.56 Å². The fourth-order valence-corrected chi connectivity index (χ4v) is 5.47. The summed E-state index contributed by atoms with van der Waals surface area (Å²) in [5.41, 5.74) is 3.47. The van der Waals surface area contributed by atoms with Crippen molar-refractivity contribution < 1.29 is 9.53 Å². The SMILES string of the molecule is N#CC1=C(N)Oc2[nH]c(=O)[nH]c(=O)c2C12C(=O)N(CCCCCCCCCCBr)c1ccccc12. The fraction of sp³-hybridized carbons (Fsp3) is 0.440. The van der Waals surface area contributed by atoms with Gasteiger partial charge in [0.2, 0.25) is 17.7 Å². The molecular weight excluding hydrogens is 514 g/mol. The lowest BCUT2D eigenvalue weighted by Crippen LogP contribution is -2.50. The quantitative estimate of drug-likeness (QED) is 0.310. The van der Waals surface area contributed by atoms with Gasteiger partial charge in [0.05, 0.1) is 0 Å². The lowest BCUT2D eigenvalue weighted by molar-refractivity contribution is -0.121. The summed E-state index contributed by atoms with van der Waals surface area (Å²) in [4.78, 5) is 45.2. The number of nitrogens with zero attached hydrogens (tertiary/aromatic N) is 2. The summed E-state index contributed by atoms with van der Waals surface area (Å²) in [6.45, 7) is 0.442. The highest BCUT2D eigenvalue weighted by molar-refractivity contribution is 9.09. The molecule has 2 aromatic rings. The Labute approximate surface area is 211 Å². The zero-order chi connectivity index (χ0) is 25.0. The molecule has 1 aromatic heterocycles. The Balaban J connectivity index is 1.63. The number of carbonyl (C=O) groups excluding carboxylic acids is 1. The normalized spacial score (nSPS) is 18.4. The third-order valence-corrected chi connectivity index (χ3v) is 7.22. The van der Waals surface area contributed by atoms with Crippen LogP contribution in [0.25, 0.3) is 0 Å². The molecule has 3 heterocycles. The molecule has 184 valence electrons. The van der Waals surface area contributed by atoms with Gasteiger partial charge in [0, 0.05) is 23.1 Å². The maximum Gasteiger partial charge on any atom is 0.328 e. The standard InChI is InChI=1S/C25H28BrN5O4/c26-13-9-5-3-1-2-4-6-10-14-31-18-12-8-7-11-16(18)25(23(31)33)17(15-27)20(28)35-22-19(25)21(32)29-24(34)30-22/h7-8,11-12H,1-6,9-10,13-14,28H2,(H2,29,30,32,34). The molecule has 1 atom stereocenters. The molecule has 0 saturated carbocycles. The number of hydrogen-bond donors (Lipinski definition) is 3. The smallest absolute Gasteiger partial charge is 0.328 e. The number of carbonyl (C=O) groups is 1. The van der Waals surface area contributed by atoms with Crippen LogP contribution in [0.4, 0.5) is 5.69 Å². The fourth-order valence-electron chi connectivity index (χ4n) is 5.08. The van der Waals surface area contributed by atoms with Gasteiger partial charge in [-0.05, 0) is 18.9 Å². The molecule has 0 aliphatic carbocycles. The third-order valence-electron chi connectivity index (χ3n) is 6.66. The average molecular weight is 542 g/mol. The van der Waals surface area contributed by atoms with Crippen LogP contribution >= 0.6 is 15.9 Å². The van der Waals surface area contributed by atoms with Crippen molar-refractivity contribution in [3.63, 3.8) is 0 Å². The lowest BCUT2D eigenvalue weighted by Gasteiger charge is -2.32. The van der Waals surface area contributed by atoms with E-state index in [4.69, 9.17) is 10.5 Å². The summed E-state index contributed by atoms with van der Waals surface area (Å²) in [7, 11) is 0. The summed E-state index contributed by atoms with van der Waals surface area (Å²) in [5.74, 6) is -0.985. The van der Waals surface area contributed by atoms with Gasteiger partial charge in [0.15, 0.2) is 5.41 Å². The molecule has 1 aromatic carbocycles. The number of aromatic amines is 2. The first kappa shape index (κ1) is 24.8. The molecular formula is C25H28BrN5O4. The number of nitrogens with one attached hydrogen (secondary N) is 2. The van der Waals surface area contributed by atoms with Crippen LogP contribution in [-0.4, -0.2) is 27.7 Å². The molecule has 1 unspecified atom stereocenters. The van der Waals surface area contributed by atoms with Crippen LogP contribution in [0.15, 0.2) is 45.3 Å². The van der Waals surface area contributed by atoms with Crippen molar-refractivity contribution in [1.29, 1.82) is 5.26 Å². The Morgan fingerprint density at radius 1 is 1.00 bits per heavy atom. The van der Waals surface area contributed by atoms with E-state index >= 15 is 0 Å². The van der Waals surface area contributed by atoms with Crippen molar-refractivity contribution >= 4 is 27.5 Å². The molecule has 4 rings (SSSR count). The number of fused-ring (bicyclic) bond motifs is 4. The van der Waals surface area contributed by atoms with Crippen LogP contribution in [0.5, 0.6) is 5.88 Å². The van der Waals surface area contributed by atoms with Crippen molar-refractivity contribution in [2.24, 2.45) is 5.73 Å². The van der Waals surface area contributed by atoms with Gasteiger partial charge >= 0.3 is 5.69 Å². The van der Waals surface area contributed by atoms with E-state index in [1.54, 1.807) is 23.1 Å². The minimum Gasteiger partial charge on any atom is -0.423 e. The molecule has 4 N–H and O–H groups in total. The first-order chi connectivity index (χ1) is 17.0. The number of nitriles is 1. The van der Waals surface area contributed by atoms with E-state index in [0.29, 0.717) is 17.8 Å². The number of amides is 1. The van der Waals surface area contributed by atoms with Gasteiger partial charge in [-0.3, -0.25) is 19.6 Å². The van der Waals surface area contributed by atoms with Gasteiger partial charge < -0.3 is 15.4 Å². The number of ether oxygens (including phenoxy) is 1. The summed E-state index contributed by atoms with van der Waals surface area (Å²) in [6, 6.07) is 9.06. The molecule has 10 heteroatoms. The molecule has 1 spiro atoms. The number of para-hydroxylation sites is 1. The zero-order valence-electron chi connectivity index (χ0n) is 19.4. The summed E-state index contributed by atoms with van der Waals surface area (Å²) in [5, 5.41) is 11.1. The van der Waals surface area contributed by atoms with E-state index in [9.17, 15) is 19.6 Å². The summed E-state index contributed by atoms with van der Waals surface area (Å²) < 4.78 is 5.43. The molecule has 1 amide bonds. The second-order valence-corrected chi connectivity index (χ2v) is 9.60. The Hall–Kier alpha value is -3.32. The number of unbranched alkanes of at least 4 members (excludes halogenated alkanes) is 7. The minimum absolute atomic E-state index is 0.133. The van der Waals surface area contributed by atoms with Crippen molar-refractivity contribution in [1.82, 2.24) is 9.97 Å². The first-order valence-electron chi connectivity index (χ1n) is 11.9. The van der Waals surface area contributed by atoms with E-state index in [1.807, 2.05) is 12.1 Å². The van der Waals surface area contributed by atoms with E-state index in [1.165, 1.54) is 25.7 Å². The van der Waals surface area contributed by atoms with Gasteiger partial charge in [-0.1, -0.05) is 72.7 Å². The second-order valence-electron chi connectivity index (χ2n) is 8.81. The Morgan fingerprint density at radius 2 is 1.66 bits per heavy atom. The van der Waals surface area contributed by atoms with Crippen molar-refractivity contribution in [2.45, 2.75) is 56.8 Å². The Bertz CT molecular complexity index is 1310. The molecule has 0 bridgehead atoms. The first-order valence-corrected chi connectivity index (χ1v) is 13.0. The van der Waals surface area contributed by atoms with E-state index in [-0.39, 0.29) is 22.9 Å². The van der Waals surface area contributed by atoms with Gasteiger partial charge in [-0.2, -0.15) is 5.26 Å². The number of hydrogen-bond acceptors (Lipinski definition) is 6. The van der Waals surface area contributed by atoms with Crippen LogP contribution in [-0.2, 0) is 10.2 Å². The lowest BCUT2D eigenvalue weighted by atomic mass is 9.69. The topological polar surface area (TPSA) is 145 Å². The van der Waals surface area contributed by atoms with Crippen LogP contribution < -0.4 is 26.6 Å². The molecule has 2 aliphatic rings. The van der Waals surface area contributed by atoms with Gasteiger partial charge in [-0.15, -0.1) is 0 Å². The minimum atomic E-state index is -1.78. The highest BCUT2D eigenvalue weighted by atomic mass is 79.9. The highest BCUT2D eigenvalue weighted by Crippen LogP contribution is 2.53. The monoisotopic (exact) mass is 541 g/mol. The molecule has 9 nitrogen and oxygen atoms in total. The molecule has 2 aliphatic heterocycles. The van der Waals surface area contributed by atoms with Crippen LogP contribution in [0.1, 0.15) is 62.5 Å². The number of benzene rings is 1. The number of halogens is 1. The number of rotatable bonds is 10. The molecule has 0 fully saturated rings. The van der Waals surface area contributed by atoms with Crippen LogP contribution in [0.2, 0.25) is 0 Å². The van der Waals surface area contributed by atoms with E-state index < -0.39 is 22.6 Å². The maximum absolute atomic E-state index is 14.1. The number of alkyl halides is 1. The van der Waals surface area contributed by atoms with Crippen molar-refractivity contribution in [3.05, 3.63) is 67.7 Å². The Morgan fingerprint density at radius 3 is 2.34 bits per heavy atom. The van der Waals surface area contributed by atoms with E-state index in [2.05, 4.69) is 25.9 Å². The number of H-pyrrole nitrogens is 2. The Kier molecular flexibility index (Phi) is 7.45.